The summed E-state index contributed by atoms with van der Waals surface area (Å²) in [7, 11) is 0. The molecule has 0 unspecified atom stereocenters. The molecule has 0 amide bonds. The lowest BCUT2D eigenvalue weighted by Crippen LogP contribution is -2.66. The summed E-state index contributed by atoms with van der Waals surface area (Å²) in [6, 6.07) is -2.64. The molecule has 3 aliphatic rings. The van der Waals surface area contributed by atoms with Gasteiger partial charge in [0.1, 0.15) is 54.9 Å². The van der Waals surface area contributed by atoms with E-state index >= 15 is 0 Å². The number of hydrogen-bond acceptors (Lipinski definition) is 17. The second-order valence-electron chi connectivity index (χ2n) is 9.52. The Labute approximate surface area is 215 Å². The van der Waals surface area contributed by atoms with Gasteiger partial charge in [0.15, 0.2) is 12.6 Å². The van der Waals surface area contributed by atoms with Crippen molar-refractivity contribution in [2.24, 2.45) is 11.5 Å². The van der Waals surface area contributed by atoms with Gasteiger partial charge >= 0.3 is 5.97 Å². The average Bonchev–Trinajstić information content (AvgIpc) is 2.88. The molecule has 0 saturated carbocycles. The zero-order chi connectivity index (χ0) is 28.5. The lowest BCUT2D eigenvalue weighted by molar-refractivity contribution is -0.340. The predicted octanol–water partition coefficient (Wildman–Crippen LogP) is -7.80. The Morgan fingerprint density at radius 1 is 0.895 bits per heavy atom. The number of aliphatic hydroxyl groups is 9. The Hall–Kier alpha value is -1.17. The molecule has 3 heterocycles. The summed E-state index contributed by atoms with van der Waals surface area (Å²) in [6.45, 7) is -2.25. The van der Waals surface area contributed by atoms with Gasteiger partial charge in [-0.3, -0.25) is 0 Å². The van der Waals surface area contributed by atoms with E-state index < -0.39 is 124 Å². The third kappa shape index (κ3) is 6.25. The zero-order valence-electron chi connectivity index (χ0n) is 20.0. The number of carboxylic acids is 1. The van der Waals surface area contributed by atoms with Gasteiger partial charge in [0.2, 0.25) is 0 Å². The first-order valence-corrected chi connectivity index (χ1v) is 11.8. The molecule has 3 rings (SSSR count). The van der Waals surface area contributed by atoms with E-state index in [-0.39, 0.29) is 0 Å². The first-order chi connectivity index (χ1) is 17.7. The summed E-state index contributed by atoms with van der Waals surface area (Å²) in [5.41, 5.74) is 11.4. The molecule has 0 bridgehead atoms. The second-order valence-corrected chi connectivity index (χ2v) is 9.52. The van der Waals surface area contributed by atoms with E-state index in [0.717, 1.165) is 0 Å². The summed E-state index contributed by atoms with van der Waals surface area (Å²) in [5.74, 6) is -4.43. The predicted molar refractivity (Wildman–Crippen MR) is 116 cm³/mol. The third-order valence-corrected chi connectivity index (χ3v) is 6.85. The van der Waals surface area contributed by atoms with Gasteiger partial charge in [-0.2, -0.15) is 0 Å². The van der Waals surface area contributed by atoms with Gasteiger partial charge < -0.3 is 86.2 Å². The summed E-state index contributed by atoms with van der Waals surface area (Å²) < 4.78 is 26.7. The van der Waals surface area contributed by atoms with Crippen LogP contribution in [0.2, 0.25) is 0 Å². The maximum atomic E-state index is 12.0. The van der Waals surface area contributed by atoms with Crippen molar-refractivity contribution in [3.8, 4) is 0 Å². The summed E-state index contributed by atoms with van der Waals surface area (Å²) in [5, 5.41) is 99.6. The van der Waals surface area contributed by atoms with Crippen LogP contribution in [0, 0.1) is 0 Å². The van der Waals surface area contributed by atoms with E-state index in [1.165, 1.54) is 0 Å². The van der Waals surface area contributed by atoms with Crippen LogP contribution >= 0.6 is 0 Å². The number of rotatable bonds is 9. The number of carbonyl (C=O) groups is 1. The highest BCUT2D eigenvalue weighted by Crippen LogP contribution is 2.34. The molecule has 18 nitrogen and oxygen atoms in total. The molecule has 14 N–H and O–H groups in total. The topological polar surface area (TPSA) is 318 Å². The van der Waals surface area contributed by atoms with Gasteiger partial charge in [-0.25, -0.2) is 4.79 Å². The van der Waals surface area contributed by atoms with E-state index in [1.54, 1.807) is 0 Å². The van der Waals surface area contributed by atoms with Crippen molar-refractivity contribution in [1.29, 1.82) is 0 Å². The smallest absolute Gasteiger partial charge is 0.364 e. The van der Waals surface area contributed by atoms with Gasteiger partial charge in [0, 0.05) is 6.42 Å². The van der Waals surface area contributed by atoms with Crippen LogP contribution in [0.3, 0.4) is 0 Å². The molecule has 3 aliphatic heterocycles. The average molecular weight is 561 g/mol. The number of aliphatic hydroxyl groups excluding tert-OH is 9. The van der Waals surface area contributed by atoms with E-state index in [9.17, 15) is 55.9 Å². The number of hydrogen-bond donors (Lipinski definition) is 12. The van der Waals surface area contributed by atoms with Crippen LogP contribution in [0.4, 0.5) is 0 Å². The van der Waals surface area contributed by atoms with Gasteiger partial charge in [0.05, 0.1) is 38.0 Å². The second kappa shape index (κ2) is 12.6. The molecule has 222 valence electrons. The Morgan fingerprint density at radius 3 is 2.05 bits per heavy atom. The lowest BCUT2D eigenvalue weighted by Gasteiger charge is -2.46. The van der Waals surface area contributed by atoms with Crippen LogP contribution in [-0.2, 0) is 28.5 Å². The normalized spacial score (nSPS) is 49.0. The number of aliphatic carboxylic acids is 1. The quantitative estimate of drug-likeness (QED) is 0.124. The SMILES string of the molecule is N[C@@H]1[C@@H](O)[C@H](O)[C@@H](CO[C@@H]2O[C@H](CO[C@]3(C(=O)O)C[C@@H](O)[C@@H](O)[C@@H]([C@H](O)CO)O3)[C@@H](O)[C@H](O)[C@H]2N)O[C@@H]1O. The minimum Gasteiger partial charge on any atom is -0.477 e. The van der Waals surface area contributed by atoms with E-state index in [2.05, 4.69) is 0 Å². The minimum absolute atomic E-state index is 0.524. The van der Waals surface area contributed by atoms with Crippen LogP contribution in [-0.4, -0.2) is 168 Å². The maximum Gasteiger partial charge on any atom is 0.364 e. The first-order valence-electron chi connectivity index (χ1n) is 11.8. The van der Waals surface area contributed by atoms with Crippen molar-refractivity contribution in [2.45, 2.75) is 97.9 Å². The number of carboxylic acid groups (broad SMARTS) is 1. The minimum atomic E-state index is -2.66. The number of ether oxygens (including phenoxy) is 5. The van der Waals surface area contributed by atoms with E-state index in [4.69, 9.17) is 35.2 Å². The fourth-order valence-electron chi connectivity index (χ4n) is 4.41. The number of nitrogens with two attached hydrogens (primary N) is 2. The molecule has 0 spiro atoms. The monoisotopic (exact) mass is 560 g/mol. The van der Waals surface area contributed by atoms with E-state index in [0.29, 0.717) is 0 Å². The summed E-state index contributed by atoms with van der Waals surface area (Å²) in [6.07, 6.45) is -20.3. The zero-order valence-corrected chi connectivity index (χ0v) is 20.0. The van der Waals surface area contributed by atoms with Crippen LogP contribution in [0.15, 0.2) is 0 Å². The fourth-order valence-corrected chi connectivity index (χ4v) is 4.41. The lowest BCUT2D eigenvalue weighted by atomic mass is 9.92. The molecule has 0 radical (unpaired) electrons. The standard InChI is InChI=1S/C20H36N2O16/c21-9-14(29)12(27)7(36-17(9)31)3-34-18-10(22)15(30)13(28)8(37-18)4-35-20(19(32)33)1-5(24)11(26)16(38-20)6(25)2-23/h5-18,23-31H,1-4,21-22H2,(H,32,33)/t5-,6-,7-,8-,9-,10-,11-,12-,13-,14-,15-,16-,17+,18-,20-/m1/s1. The molecular formula is C20H36N2O16. The van der Waals surface area contributed by atoms with Crippen molar-refractivity contribution in [2.75, 3.05) is 19.8 Å². The Balaban J connectivity index is 1.68. The molecule has 0 aromatic rings. The Morgan fingerprint density at radius 2 is 1.47 bits per heavy atom. The maximum absolute atomic E-state index is 12.0. The van der Waals surface area contributed by atoms with E-state index in [1.807, 2.05) is 0 Å². The van der Waals surface area contributed by atoms with Crippen molar-refractivity contribution < 1.29 is 79.5 Å². The molecule has 18 heteroatoms. The Bertz CT molecular complexity index is 796. The highest BCUT2D eigenvalue weighted by atomic mass is 16.7. The summed E-state index contributed by atoms with van der Waals surface area (Å²) in [4.78, 5) is 12.0. The molecule has 0 aromatic carbocycles. The third-order valence-electron chi connectivity index (χ3n) is 6.85. The molecular weight excluding hydrogens is 524 g/mol. The molecule has 15 atom stereocenters. The molecule has 0 aromatic heterocycles. The molecule has 0 aliphatic carbocycles. The highest BCUT2D eigenvalue weighted by Gasteiger charge is 2.55. The molecule has 3 saturated heterocycles. The first kappa shape index (κ1) is 31.4. The van der Waals surface area contributed by atoms with Crippen LogP contribution in [0.25, 0.3) is 0 Å². The van der Waals surface area contributed by atoms with Crippen molar-refractivity contribution in [1.82, 2.24) is 0 Å². The molecule has 3 fully saturated rings. The molecule has 38 heavy (non-hydrogen) atoms. The Kier molecular flexibility index (Phi) is 10.4. The van der Waals surface area contributed by atoms with Crippen LogP contribution in [0.5, 0.6) is 0 Å². The largest absolute Gasteiger partial charge is 0.477 e. The van der Waals surface area contributed by atoms with Crippen molar-refractivity contribution in [3.63, 3.8) is 0 Å². The van der Waals surface area contributed by atoms with Crippen molar-refractivity contribution in [3.05, 3.63) is 0 Å². The summed E-state index contributed by atoms with van der Waals surface area (Å²) >= 11 is 0. The van der Waals surface area contributed by atoms with Gasteiger partial charge in [-0.15, -0.1) is 0 Å². The van der Waals surface area contributed by atoms with Gasteiger partial charge in [-0.1, -0.05) is 0 Å². The highest BCUT2D eigenvalue weighted by molar-refractivity contribution is 5.76. The van der Waals surface area contributed by atoms with Crippen LogP contribution in [0.1, 0.15) is 6.42 Å². The van der Waals surface area contributed by atoms with Gasteiger partial charge in [-0.05, 0) is 0 Å². The van der Waals surface area contributed by atoms with Crippen LogP contribution < -0.4 is 11.5 Å². The fraction of sp³-hybridized carbons (Fsp3) is 0.950. The van der Waals surface area contributed by atoms with Gasteiger partial charge in [0.25, 0.3) is 5.79 Å². The van der Waals surface area contributed by atoms with Crippen molar-refractivity contribution >= 4 is 5.97 Å².